The molecule has 0 saturated carbocycles. The first-order valence-corrected chi connectivity index (χ1v) is 8.88. The predicted octanol–water partition coefficient (Wildman–Crippen LogP) is 3.42. The second kappa shape index (κ2) is 8.22. The zero-order valence-electron chi connectivity index (χ0n) is 12.3. The highest BCUT2D eigenvalue weighted by Crippen LogP contribution is 2.19. The average Bonchev–Trinajstić information content (AvgIpc) is 2.44. The summed E-state index contributed by atoms with van der Waals surface area (Å²) in [5, 5.41) is 4.93. The van der Waals surface area contributed by atoms with Crippen molar-refractivity contribution in [1.29, 1.82) is 0 Å². The molecule has 0 aliphatic carbocycles. The Bertz CT molecular complexity index is 459. The number of ether oxygens (including phenoxy) is 1. The molecule has 21 heavy (non-hydrogen) atoms. The number of thiocarbonyl (C=S) groups is 1. The first-order chi connectivity index (χ1) is 10.0. The van der Waals surface area contributed by atoms with Crippen molar-refractivity contribution in [2.75, 3.05) is 25.4 Å². The lowest BCUT2D eigenvalue weighted by Gasteiger charge is -2.36. The lowest BCUT2D eigenvalue weighted by molar-refractivity contribution is -0.0481. The molecule has 1 saturated heterocycles. The minimum absolute atomic E-state index is 0.233. The third kappa shape index (κ3) is 5.66. The Hall–Kier alpha value is -0.490. The molecule has 0 bridgehead atoms. The summed E-state index contributed by atoms with van der Waals surface area (Å²) >= 11 is 13.1. The van der Waals surface area contributed by atoms with Crippen LogP contribution in [-0.2, 0) is 4.74 Å². The van der Waals surface area contributed by atoms with Crippen molar-refractivity contribution in [3.8, 4) is 0 Å². The zero-order valence-corrected chi connectivity index (χ0v) is 14.7. The van der Waals surface area contributed by atoms with Crippen LogP contribution in [0.4, 0.5) is 0 Å². The van der Waals surface area contributed by atoms with Gasteiger partial charge in [0.05, 0.1) is 12.2 Å². The van der Waals surface area contributed by atoms with E-state index in [1.165, 1.54) is 4.90 Å². The van der Waals surface area contributed by atoms with Gasteiger partial charge < -0.3 is 15.0 Å². The van der Waals surface area contributed by atoms with E-state index in [1.807, 2.05) is 24.3 Å². The Morgan fingerprint density at radius 2 is 1.95 bits per heavy atom. The molecule has 0 unspecified atom stereocenters. The van der Waals surface area contributed by atoms with E-state index in [4.69, 9.17) is 28.6 Å². The van der Waals surface area contributed by atoms with Gasteiger partial charge >= 0.3 is 0 Å². The third-order valence-electron chi connectivity index (χ3n) is 3.17. The molecule has 2 rings (SSSR count). The maximum Gasteiger partial charge on any atom is 0.169 e. The number of rotatable bonds is 4. The molecule has 0 radical (unpaired) electrons. The second-order valence-corrected chi connectivity index (χ2v) is 7.19. The summed E-state index contributed by atoms with van der Waals surface area (Å²) < 4.78 is 5.72. The molecule has 2 atom stereocenters. The van der Waals surface area contributed by atoms with Crippen LogP contribution in [0.15, 0.2) is 29.2 Å². The van der Waals surface area contributed by atoms with Gasteiger partial charge in [0.15, 0.2) is 5.11 Å². The number of nitrogens with zero attached hydrogens (tertiary/aromatic N) is 1. The van der Waals surface area contributed by atoms with Gasteiger partial charge in [0, 0.05) is 35.3 Å². The van der Waals surface area contributed by atoms with Gasteiger partial charge in [-0.25, -0.2) is 0 Å². The summed E-state index contributed by atoms with van der Waals surface area (Å²) in [7, 11) is 0. The van der Waals surface area contributed by atoms with Gasteiger partial charge in [0.2, 0.25) is 0 Å². The lowest BCUT2D eigenvalue weighted by Crippen LogP contribution is -2.51. The molecule has 0 spiro atoms. The van der Waals surface area contributed by atoms with Crippen molar-refractivity contribution < 1.29 is 4.74 Å². The molecule has 1 aromatic rings. The number of halogens is 1. The molecule has 1 N–H and O–H groups in total. The van der Waals surface area contributed by atoms with Gasteiger partial charge in [-0.2, -0.15) is 0 Å². The minimum atomic E-state index is 0.233. The largest absolute Gasteiger partial charge is 0.372 e. The third-order valence-corrected chi connectivity index (χ3v) is 4.84. The van der Waals surface area contributed by atoms with Crippen molar-refractivity contribution in [3.05, 3.63) is 29.3 Å². The van der Waals surface area contributed by atoms with Gasteiger partial charge in [-0.05, 0) is 50.3 Å². The van der Waals surface area contributed by atoms with E-state index in [-0.39, 0.29) is 12.2 Å². The Morgan fingerprint density at radius 1 is 1.33 bits per heavy atom. The van der Waals surface area contributed by atoms with Crippen LogP contribution >= 0.6 is 35.6 Å². The molecular weight excluding hydrogens is 324 g/mol. The van der Waals surface area contributed by atoms with Gasteiger partial charge in [-0.15, -0.1) is 11.8 Å². The normalized spacial score (nSPS) is 22.1. The van der Waals surface area contributed by atoms with Crippen molar-refractivity contribution in [3.63, 3.8) is 0 Å². The molecule has 1 aliphatic rings. The maximum atomic E-state index is 5.87. The van der Waals surface area contributed by atoms with Crippen molar-refractivity contribution in [1.82, 2.24) is 10.2 Å². The van der Waals surface area contributed by atoms with Gasteiger partial charge in [0.1, 0.15) is 0 Å². The summed E-state index contributed by atoms with van der Waals surface area (Å²) in [6.07, 6.45) is 0.467. The fraction of sp³-hybridized carbons (Fsp3) is 0.533. The molecule has 3 nitrogen and oxygen atoms in total. The highest BCUT2D eigenvalue weighted by atomic mass is 35.5. The van der Waals surface area contributed by atoms with Crippen LogP contribution in [0.5, 0.6) is 0 Å². The van der Waals surface area contributed by atoms with E-state index in [9.17, 15) is 0 Å². The Balaban J connectivity index is 1.68. The minimum Gasteiger partial charge on any atom is -0.372 e. The average molecular weight is 345 g/mol. The standard InChI is InChI=1S/C15H21ClN2OS2/c1-11-9-18(10-12(2)19-11)15(20)17-7-8-21-14-5-3-13(16)4-6-14/h3-6,11-12H,7-10H2,1-2H3,(H,17,20)/t11-,12+. The van der Waals surface area contributed by atoms with Crippen molar-refractivity contribution >= 4 is 40.7 Å². The van der Waals surface area contributed by atoms with Crippen LogP contribution in [0.2, 0.25) is 5.02 Å². The maximum absolute atomic E-state index is 5.87. The Morgan fingerprint density at radius 3 is 2.57 bits per heavy atom. The molecule has 116 valence electrons. The number of nitrogens with one attached hydrogen (secondary N) is 1. The summed E-state index contributed by atoms with van der Waals surface area (Å²) in [5.41, 5.74) is 0. The van der Waals surface area contributed by atoms with Crippen molar-refractivity contribution in [2.24, 2.45) is 0 Å². The first kappa shape index (κ1) is 16.9. The Kier molecular flexibility index (Phi) is 6.61. The smallest absolute Gasteiger partial charge is 0.169 e. The summed E-state index contributed by atoms with van der Waals surface area (Å²) in [6.45, 7) is 6.75. The van der Waals surface area contributed by atoms with Crippen LogP contribution in [0.1, 0.15) is 13.8 Å². The van der Waals surface area contributed by atoms with E-state index < -0.39 is 0 Å². The van der Waals surface area contributed by atoms with Crippen LogP contribution in [0, 0.1) is 0 Å². The molecule has 0 aromatic heterocycles. The SMILES string of the molecule is C[C@@H]1CN(C(=S)NCCSc2ccc(Cl)cc2)C[C@H](C)O1. The molecule has 1 aliphatic heterocycles. The zero-order chi connectivity index (χ0) is 15.2. The molecule has 6 heteroatoms. The van der Waals surface area contributed by atoms with E-state index in [2.05, 4.69) is 24.1 Å². The second-order valence-electron chi connectivity index (χ2n) is 5.20. The molecule has 1 heterocycles. The number of morpholine rings is 1. The molecular formula is C15H21ClN2OS2. The number of hydrogen-bond acceptors (Lipinski definition) is 3. The monoisotopic (exact) mass is 344 g/mol. The summed E-state index contributed by atoms with van der Waals surface area (Å²) in [5.74, 6) is 0.969. The fourth-order valence-corrected chi connectivity index (χ4v) is 3.46. The Labute approximate surface area is 141 Å². The van der Waals surface area contributed by atoms with Crippen LogP contribution < -0.4 is 5.32 Å². The lowest BCUT2D eigenvalue weighted by atomic mass is 10.2. The van der Waals surface area contributed by atoms with Gasteiger partial charge in [0.25, 0.3) is 0 Å². The van der Waals surface area contributed by atoms with Gasteiger partial charge in [-0.3, -0.25) is 0 Å². The number of benzene rings is 1. The highest BCUT2D eigenvalue weighted by Gasteiger charge is 2.23. The first-order valence-electron chi connectivity index (χ1n) is 7.11. The van der Waals surface area contributed by atoms with E-state index in [1.54, 1.807) is 11.8 Å². The number of thioether (sulfide) groups is 1. The van der Waals surface area contributed by atoms with Crippen LogP contribution in [0.25, 0.3) is 0 Å². The summed E-state index contributed by atoms with van der Waals surface area (Å²) in [6, 6.07) is 7.91. The molecule has 1 fully saturated rings. The fourth-order valence-electron chi connectivity index (χ4n) is 2.31. The molecule has 1 aromatic carbocycles. The summed E-state index contributed by atoms with van der Waals surface area (Å²) in [4.78, 5) is 3.42. The molecule has 0 amide bonds. The van der Waals surface area contributed by atoms with E-state index in [0.717, 1.165) is 35.5 Å². The number of hydrogen-bond donors (Lipinski definition) is 1. The highest BCUT2D eigenvalue weighted by molar-refractivity contribution is 7.99. The van der Waals surface area contributed by atoms with E-state index in [0.29, 0.717) is 0 Å². The van der Waals surface area contributed by atoms with Gasteiger partial charge in [-0.1, -0.05) is 11.6 Å². The topological polar surface area (TPSA) is 24.5 Å². The van der Waals surface area contributed by atoms with Crippen LogP contribution in [-0.4, -0.2) is 47.6 Å². The van der Waals surface area contributed by atoms with E-state index >= 15 is 0 Å². The van der Waals surface area contributed by atoms with Crippen LogP contribution in [0.3, 0.4) is 0 Å². The quantitative estimate of drug-likeness (QED) is 0.512. The predicted molar refractivity (Wildman–Crippen MR) is 94.4 cm³/mol. The van der Waals surface area contributed by atoms with Crippen molar-refractivity contribution in [2.45, 2.75) is 31.0 Å².